The van der Waals surface area contributed by atoms with Gasteiger partial charge in [-0.05, 0) is 32.9 Å². The Hall–Kier alpha value is -2.02. The number of nitrogens with two attached hydrogens (primary N) is 1. The molecule has 0 aliphatic rings. The fourth-order valence-electron chi connectivity index (χ4n) is 2.01. The fourth-order valence-corrected chi connectivity index (χ4v) is 2.94. The van der Waals surface area contributed by atoms with Gasteiger partial charge in [-0.1, -0.05) is 0 Å². The van der Waals surface area contributed by atoms with E-state index in [1.807, 2.05) is 13.8 Å². The number of benzene rings is 1. The molecule has 1 aromatic heterocycles. The van der Waals surface area contributed by atoms with Crippen LogP contribution in [0, 0.1) is 25.5 Å². The van der Waals surface area contributed by atoms with E-state index in [0.29, 0.717) is 0 Å². The number of amides is 1. The van der Waals surface area contributed by atoms with Crippen LogP contribution in [0.3, 0.4) is 0 Å². The predicted octanol–water partition coefficient (Wildman–Crippen LogP) is 3.11. The Morgan fingerprint density at radius 1 is 1.33 bits per heavy atom. The maximum absolute atomic E-state index is 13.4. The highest BCUT2D eigenvalue weighted by molar-refractivity contribution is 7.11. The monoisotopic (exact) mass is 311 g/mol. The van der Waals surface area contributed by atoms with Gasteiger partial charge < -0.3 is 11.1 Å². The molecule has 0 saturated heterocycles. The van der Waals surface area contributed by atoms with Gasteiger partial charge in [-0.15, -0.1) is 11.3 Å². The second-order valence-electron chi connectivity index (χ2n) is 4.73. The van der Waals surface area contributed by atoms with Crippen LogP contribution < -0.4 is 11.1 Å². The third-order valence-electron chi connectivity index (χ3n) is 3.02. The van der Waals surface area contributed by atoms with Gasteiger partial charge >= 0.3 is 0 Å². The highest BCUT2D eigenvalue weighted by Gasteiger charge is 2.18. The largest absolute Gasteiger partial charge is 0.394 e. The molecular weight excluding hydrogens is 296 g/mol. The van der Waals surface area contributed by atoms with Gasteiger partial charge in [0.2, 0.25) is 0 Å². The van der Waals surface area contributed by atoms with Crippen LogP contribution in [-0.4, -0.2) is 10.9 Å². The van der Waals surface area contributed by atoms with Crippen molar-refractivity contribution >= 4 is 22.9 Å². The summed E-state index contributed by atoms with van der Waals surface area (Å²) in [4.78, 5) is 17.3. The molecule has 21 heavy (non-hydrogen) atoms. The van der Waals surface area contributed by atoms with E-state index < -0.39 is 23.2 Å². The van der Waals surface area contributed by atoms with E-state index in [-0.39, 0.29) is 11.6 Å². The zero-order valence-electron chi connectivity index (χ0n) is 11.8. The van der Waals surface area contributed by atoms with Crippen molar-refractivity contribution in [3.05, 3.63) is 44.9 Å². The second-order valence-corrected chi connectivity index (χ2v) is 5.97. The molecule has 3 N–H and O–H groups in total. The fraction of sp³-hybridized carbons (Fsp3) is 0.286. The summed E-state index contributed by atoms with van der Waals surface area (Å²) in [5.74, 6) is -2.46. The highest BCUT2D eigenvalue weighted by atomic mass is 32.1. The van der Waals surface area contributed by atoms with Gasteiger partial charge in [-0.2, -0.15) is 0 Å². The summed E-state index contributed by atoms with van der Waals surface area (Å²) in [6, 6.07) is 1.55. The maximum Gasteiger partial charge on any atom is 0.251 e. The van der Waals surface area contributed by atoms with E-state index in [1.165, 1.54) is 11.3 Å². The number of carbonyl (C=O) groups excluding carboxylic acids is 1. The average molecular weight is 311 g/mol. The molecule has 7 heteroatoms. The van der Waals surface area contributed by atoms with E-state index in [2.05, 4.69) is 10.3 Å². The lowest BCUT2D eigenvalue weighted by atomic mass is 10.1. The van der Waals surface area contributed by atoms with Crippen LogP contribution in [-0.2, 0) is 0 Å². The number of aromatic nitrogens is 1. The topological polar surface area (TPSA) is 68.0 Å². The quantitative estimate of drug-likeness (QED) is 0.856. The standard InChI is InChI=1S/C14H15F2N3OS/c1-6-13(21-8(3)18-6)7(2)19-14(20)9-4-10(15)12(17)11(16)5-9/h4-5,7H,17H2,1-3H3,(H,19,20). The van der Waals surface area contributed by atoms with Crippen molar-refractivity contribution < 1.29 is 13.6 Å². The molecule has 0 spiro atoms. The number of thiazole rings is 1. The van der Waals surface area contributed by atoms with E-state index in [4.69, 9.17) is 5.73 Å². The number of hydrogen-bond donors (Lipinski definition) is 2. The van der Waals surface area contributed by atoms with E-state index in [0.717, 1.165) is 27.7 Å². The molecule has 0 aliphatic heterocycles. The van der Waals surface area contributed by atoms with Gasteiger partial charge in [-0.3, -0.25) is 4.79 Å². The first kappa shape index (κ1) is 15.4. The number of anilines is 1. The molecule has 1 amide bonds. The van der Waals surface area contributed by atoms with Crippen molar-refractivity contribution in [3.63, 3.8) is 0 Å². The van der Waals surface area contributed by atoms with Crippen LogP contribution in [0.25, 0.3) is 0 Å². The van der Waals surface area contributed by atoms with Gasteiger partial charge in [0.15, 0.2) is 0 Å². The van der Waals surface area contributed by atoms with Crippen LogP contribution in [0.1, 0.15) is 38.9 Å². The minimum atomic E-state index is -0.947. The summed E-state index contributed by atoms with van der Waals surface area (Å²) in [6.07, 6.45) is 0. The zero-order valence-corrected chi connectivity index (χ0v) is 12.6. The van der Waals surface area contributed by atoms with Crippen LogP contribution >= 0.6 is 11.3 Å². The normalized spacial score (nSPS) is 12.2. The molecule has 2 aromatic rings. The van der Waals surface area contributed by atoms with Crippen LogP contribution in [0.2, 0.25) is 0 Å². The van der Waals surface area contributed by atoms with Crippen molar-refractivity contribution in [2.24, 2.45) is 0 Å². The molecule has 1 unspecified atom stereocenters. The van der Waals surface area contributed by atoms with Gasteiger partial charge in [0.25, 0.3) is 5.91 Å². The Morgan fingerprint density at radius 2 is 1.90 bits per heavy atom. The van der Waals surface area contributed by atoms with Crippen molar-refractivity contribution in [3.8, 4) is 0 Å². The lowest BCUT2D eigenvalue weighted by Gasteiger charge is -2.13. The Labute approximate surface area is 125 Å². The van der Waals surface area contributed by atoms with Crippen molar-refractivity contribution in [2.75, 3.05) is 5.73 Å². The first-order chi connectivity index (χ1) is 9.79. The molecule has 112 valence electrons. The van der Waals surface area contributed by atoms with E-state index >= 15 is 0 Å². The molecule has 1 heterocycles. The van der Waals surface area contributed by atoms with E-state index in [1.54, 1.807) is 6.92 Å². The number of halogens is 2. The number of nitrogens with one attached hydrogen (secondary N) is 1. The lowest BCUT2D eigenvalue weighted by Crippen LogP contribution is -2.26. The number of nitrogens with zero attached hydrogens (tertiary/aromatic N) is 1. The summed E-state index contributed by atoms with van der Waals surface area (Å²) in [7, 11) is 0. The molecular formula is C14H15F2N3OS. The van der Waals surface area contributed by atoms with E-state index in [9.17, 15) is 13.6 Å². The average Bonchev–Trinajstić information content (AvgIpc) is 2.74. The SMILES string of the molecule is Cc1nc(C)c(C(C)NC(=O)c2cc(F)c(N)c(F)c2)s1. The predicted molar refractivity (Wildman–Crippen MR) is 78.2 cm³/mol. The molecule has 0 saturated carbocycles. The third kappa shape index (κ3) is 3.18. The second kappa shape index (κ2) is 5.77. The Balaban J connectivity index is 2.20. The minimum Gasteiger partial charge on any atom is -0.394 e. The van der Waals surface area contributed by atoms with Gasteiger partial charge in [0.1, 0.15) is 17.3 Å². The summed E-state index contributed by atoms with van der Waals surface area (Å²) in [6.45, 7) is 5.52. The Bertz CT molecular complexity index is 677. The minimum absolute atomic E-state index is 0.107. The summed E-state index contributed by atoms with van der Waals surface area (Å²) in [5.41, 5.74) is 5.31. The Morgan fingerprint density at radius 3 is 2.38 bits per heavy atom. The smallest absolute Gasteiger partial charge is 0.251 e. The number of nitrogen functional groups attached to an aromatic ring is 1. The molecule has 2 rings (SSSR count). The van der Waals surface area contributed by atoms with Crippen molar-refractivity contribution in [1.29, 1.82) is 0 Å². The van der Waals surface area contributed by atoms with Gasteiger partial charge in [-0.25, -0.2) is 13.8 Å². The number of rotatable bonds is 3. The molecule has 0 aliphatic carbocycles. The van der Waals surface area contributed by atoms with Gasteiger partial charge in [0, 0.05) is 10.4 Å². The van der Waals surface area contributed by atoms with Crippen molar-refractivity contribution in [1.82, 2.24) is 10.3 Å². The first-order valence-electron chi connectivity index (χ1n) is 6.29. The number of hydrogen-bond acceptors (Lipinski definition) is 4. The molecule has 1 aromatic carbocycles. The molecule has 0 fully saturated rings. The zero-order chi connectivity index (χ0) is 15.7. The highest BCUT2D eigenvalue weighted by Crippen LogP contribution is 2.25. The van der Waals surface area contributed by atoms with Crippen LogP contribution in [0.4, 0.5) is 14.5 Å². The lowest BCUT2D eigenvalue weighted by molar-refractivity contribution is 0.0939. The van der Waals surface area contributed by atoms with Gasteiger partial charge in [0.05, 0.1) is 16.7 Å². The third-order valence-corrected chi connectivity index (χ3v) is 4.28. The summed E-state index contributed by atoms with van der Waals surface area (Å²) >= 11 is 1.47. The summed E-state index contributed by atoms with van der Waals surface area (Å²) < 4.78 is 26.8. The Kier molecular flexibility index (Phi) is 4.22. The molecule has 4 nitrogen and oxygen atoms in total. The number of carbonyl (C=O) groups is 1. The van der Waals surface area contributed by atoms with Crippen LogP contribution in [0.15, 0.2) is 12.1 Å². The molecule has 0 radical (unpaired) electrons. The first-order valence-corrected chi connectivity index (χ1v) is 7.10. The summed E-state index contributed by atoms with van der Waals surface area (Å²) in [5, 5.41) is 3.59. The van der Waals surface area contributed by atoms with Crippen molar-refractivity contribution in [2.45, 2.75) is 26.8 Å². The number of aryl methyl sites for hydroxylation is 2. The molecule has 0 bridgehead atoms. The maximum atomic E-state index is 13.4. The van der Waals surface area contributed by atoms with Crippen LogP contribution in [0.5, 0.6) is 0 Å². The molecule has 1 atom stereocenters.